The molecule has 0 fully saturated rings. The topological polar surface area (TPSA) is 49.8 Å². The smallest absolute Gasteiger partial charge is 0.409 e. The van der Waals surface area contributed by atoms with Crippen LogP contribution in [0.4, 0.5) is 4.79 Å². The van der Waals surface area contributed by atoms with Crippen LogP contribution in [0.15, 0.2) is 17.5 Å². The monoisotopic (exact) mass is 229 g/mol. The molecule has 84 valence electrons. The highest BCUT2D eigenvalue weighted by Gasteiger charge is 2.16. The number of rotatable bonds is 4. The van der Waals surface area contributed by atoms with Crippen molar-refractivity contribution in [3.63, 3.8) is 0 Å². The van der Waals surface area contributed by atoms with Gasteiger partial charge in [-0.25, -0.2) is 4.79 Å². The zero-order chi connectivity index (χ0) is 11.3. The summed E-state index contributed by atoms with van der Waals surface area (Å²) >= 11 is 1.47. The molecular formula is C10H15NO3S. The van der Waals surface area contributed by atoms with E-state index in [1.807, 2.05) is 17.5 Å². The fourth-order valence-corrected chi connectivity index (χ4v) is 1.84. The highest BCUT2D eigenvalue weighted by molar-refractivity contribution is 7.10. The second-order valence-electron chi connectivity index (χ2n) is 3.11. The Balaban J connectivity index is 2.44. The number of ether oxygens (including phenoxy) is 1. The summed E-state index contributed by atoms with van der Waals surface area (Å²) in [6.45, 7) is 2.35. The molecule has 1 heterocycles. The Labute approximate surface area is 93.1 Å². The Morgan fingerprint density at radius 1 is 1.73 bits per heavy atom. The van der Waals surface area contributed by atoms with Gasteiger partial charge in [0.25, 0.3) is 0 Å². The molecule has 1 aromatic heterocycles. The van der Waals surface area contributed by atoms with Crippen LogP contribution < -0.4 is 0 Å². The fraction of sp³-hybridized carbons (Fsp3) is 0.500. The van der Waals surface area contributed by atoms with Gasteiger partial charge >= 0.3 is 6.09 Å². The number of carbonyl (C=O) groups excluding carboxylic acids is 1. The van der Waals surface area contributed by atoms with E-state index in [1.165, 1.54) is 16.2 Å². The van der Waals surface area contributed by atoms with Crippen molar-refractivity contribution in [2.75, 3.05) is 20.2 Å². The van der Waals surface area contributed by atoms with Crippen molar-refractivity contribution < 1.29 is 14.6 Å². The average molecular weight is 229 g/mol. The number of carbonyl (C=O) groups is 1. The first kappa shape index (κ1) is 12.0. The third-order valence-corrected chi connectivity index (χ3v) is 2.87. The standard InChI is InChI=1S/C10H15NO3S/c1-3-14-10(13)11(2)7-8(12)9-5-4-6-15-9/h4-6,8,12H,3,7H2,1-2H3. The van der Waals surface area contributed by atoms with Gasteiger partial charge in [0, 0.05) is 11.9 Å². The van der Waals surface area contributed by atoms with E-state index in [9.17, 15) is 9.90 Å². The molecule has 0 radical (unpaired) electrons. The first-order chi connectivity index (χ1) is 7.15. The van der Waals surface area contributed by atoms with E-state index in [0.717, 1.165) is 4.88 Å². The van der Waals surface area contributed by atoms with Crippen molar-refractivity contribution in [2.24, 2.45) is 0 Å². The lowest BCUT2D eigenvalue weighted by Gasteiger charge is -2.19. The van der Waals surface area contributed by atoms with E-state index in [-0.39, 0.29) is 6.54 Å². The van der Waals surface area contributed by atoms with Crippen LogP contribution in [0.1, 0.15) is 17.9 Å². The number of hydrogen-bond acceptors (Lipinski definition) is 4. The highest BCUT2D eigenvalue weighted by Crippen LogP contribution is 2.19. The molecule has 0 saturated carbocycles. The molecule has 0 bridgehead atoms. The van der Waals surface area contributed by atoms with Crippen molar-refractivity contribution in [1.29, 1.82) is 0 Å². The fourth-order valence-electron chi connectivity index (χ4n) is 1.14. The van der Waals surface area contributed by atoms with Crippen LogP contribution in [0.5, 0.6) is 0 Å². The molecule has 1 amide bonds. The molecule has 1 atom stereocenters. The van der Waals surface area contributed by atoms with Gasteiger partial charge < -0.3 is 14.7 Å². The van der Waals surface area contributed by atoms with Crippen LogP contribution in [0.25, 0.3) is 0 Å². The van der Waals surface area contributed by atoms with Gasteiger partial charge in [-0.3, -0.25) is 0 Å². The van der Waals surface area contributed by atoms with Gasteiger partial charge in [-0.15, -0.1) is 11.3 Å². The molecule has 5 heteroatoms. The van der Waals surface area contributed by atoms with Crippen LogP contribution in [-0.2, 0) is 4.74 Å². The Hall–Kier alpha value is -1.07. The molecule has 1 unspecified atom stereocenters. The quantitative estimate of drug-likeness (QED) is 0.857. The molecule has 1 rings (SSSR count). The predicted octanol–water partition coefficient (Wildman–Crippen LogP) is 1.87. The molecule has 15 heavy (non-hydrogen) atoms. The van der Waals surface area contributed by atoms with E-state index >= 15 is 0 Å². The number of aliphatic hydroxyl groups excluding tert-OH is 1. The van der Waals surface area contributed by atoms with Gasteiger partial charge in [0.2, 0.25) is 0 Å². The summed E-state index contributed by atoms with van der Waals surface area (Å²) in [5.74, 6) is 0. The van der Waals surface area contributed by atoms with Gasteiger partial charge in [0.1, 0.15) is 6.10 Å². The van der Waals surface area contributed by atoms with E-state index in [2.05, 4.69) is 0 Å². The Morgan fingerprint density at radius 3 is 3.00 bits per heavy atom. The molecule has 0 aliphatic rings. The predicted molar refractivity (Wildman–Crippen MR) is 58.9 cm³/mol. The van der Waals surface area contributed by atoms with Crippen molar-refractivity contribution in [1.82, 2.24) is 4.90 Å². The Morgan fingerprint density at radius 2 is 2.47 bits per heavy atom. The molecule has 0 aliphatic carbocycles. The van der Waals surface area contributed by atoms with Gasteiger partial charge in [0.05, 0.1) is 13.2 Å². The largest absolute Gasteiger partial charge is 0.450 e. The number of hydrogen-bond donors (Lipinski definition) is 1. The Bertz CT molecular complexity index is 300. The number of thiophene rings is 1. The van der Waals surface area contributed by atoms with Crippen molar-refractivity contribution >= 4 is 17.4 Å². The van der Waals surface area contributed by atoms with Crippen LogP contribution in [-0.4, -0.2) is 36.3 Å². The molecule has 0 aliphatic heterocycles. The maximum atomic E-state index is 11.2. The summed E-state index contributed by atoms with van der Waals surface area (Å²) < 4.78 is 4.80. The lowest BCUT2D eigenvalue weighted by atomic mass is 10.3. The molecule has 1 aromatic rings. The molecule has 0 spiro atoms. The third-order valence-electron chi connectivity index (χ3n) is 1.90. The average Bonchev–Trinajstić information content (AvgIpc) is 2.70. The maximum Gasteiger partial charge on any atom is 0.409 e. The van der Waals surface area contributed by atoms with Crippen molar-refractivity contribution in [3.05, 3.63) is 22.4 Å². The summed E-state index contributed by atoms with van der Waals surface area (Å²) in [6, 6.07) is 3.71. The molecule has 1 N–H and O–H groups in total. The van der Waals surface area contributed by atoms with Gasteiger partial charge in [-0.05, 0) is 18.4 Å². The van der Waals surface area contributed by atoms with Crippen LogP contribution in [0, 0.1) is 0 Å². The van der Waals surface area contributed by atoms with Crippen molar-refractivity contribution in [3.8, 4) is 0 Å². The minimum absolute atomic E-state index is 0.249. The minimum Gasteiger partial charge on any atom is -0.450 e. The first-order valence-corrected chi connectivity index (χ1v) is 5.62. The summed E-state index contributed by atoms with van der Waals surface area (Å²) in [4.78, 5) is 13.5. The zero-order valence-corrected chi connectivity index (χ0v) is 9.66. The molecular weight excluding hydrogens is 214 g/mol. The van der Waals surface area contributed by atoms with Crippen LogP contribution in [0.2, 0.25) is 0 Å². The first-order valence-electron chi connectivity index (χ1n) is 4.74. The SMILES string of the molecule is CCOC(=O)N(C)CC(O)c1cccs1. The number of nitrogens with zero attached hydrogens (tertiary/aromatic N) is 1. The van der Waals surface area contributed by atoms with E-state index in [4.69, 9.17) is 4.74 Å². The van der Waals surface area contributed by atoms with E-state index < -0.39 is 12.2 Å². The maximum absolute atomic E-state index is 11.2. The lowest BCUT2D eigenvalue weighted by molar-refractivity contribution is 0.0873. The number of aliphatic hydroxyl groups is 1. The van der Waals surface area contributed by atoms with Gasteiger partial charge in [0.15, 0.2) is 0 Å². The zero-order valence-electron chi connectivity index (χ0n) is 8.84. The second kappa shape index (κ2) is 5.72. The molecule has 4 nitrogen and oxygen atoms in total. The number of likely N-dealkylation sites (N-methyl/N-ethyl adjacent to an activating group) is 1. The number of amides is 1. The normalized spacial score (nSPS) is 12.2. The van der Waals surface area contributed by atoms with E-state index in [1.54, 1.807) is 14.0 Å². The van der Waals surface area contributed by atoms with Crippen LogP contribution in [0.3, 0.4) is 0 Å². The molecule has 0 aromatic carbocycles. The summed E-state index contributed by atoms with van der Waals surface area (Å²) in [7, 11) is 1.61. The summed E-state index contributed by atoms with van der Waals surface area (Å²) in [5, 5.41) is 11.6. The Kier molecular flexibility index (Phi) is 4.58. The molecule has 0 saturated heterocycles. The van der Waals surface area contributed by atoms with E-state index in [0.29, 0.717) is 6.61 Å². The van der Waals surface area contributed by atoms with Gasteiger partial charge in [-0.2, -0.15) is 0 Å². The second-order valence-corrected chi connectivity index (χ2v) is 4.09. The van der Waals surface area contributed by atoms with Crippen molar-refractivity contribution in [2.45, 2.75) is 13.0 Å². The summed E-state index contributed by atoms with van der Waals surface area (Å²) in [5.41, 5.74) is 0. The lowest BCUT2D eigenvalue weighted by Crippen LogP contribution is -2.31. The highest BCUT2D eigenvalue weighted by atomic mass is 32.1. The van der Waals surface area contributed by atoms with Crippen LogP contribution >= 0.6 is 11.3 Å². The third kappa shape index (κ3) is 3.53. The minimum atomic E-state index is -0.639. The summed E-state index contributed by atoms with van der Waals surface area (Å²) in [6.07, 6.45) is -1.05. The van der Waals surface area contributed by atoms with Gasteiger partial charge in [-0.1, -0.05) is 6.07 Å².